The second kappa shape index (κ2) is 7.89. The molecule has 2 heterocycles. The molecule has 1 aromatic carbocycles. The quantitative estimate of drug-likeness (QED) is 0.873. The molecule has 0 amide bonds. The van der Waals surface area contributed by atoms with E-state index < -0.39 is 0 Å². The number of pyridine rings is 1. The van der Waals surface area contributed by atoms with Gasteiger partial charge in [-0.25, -0.2) is 4.98 Å². The minimum atomic E-state index is 0. The molecule has 2 aromatic rings. The number of hydrogen-bond donors (Lipinski definition) is 1. The highest BCUT2D eigenvalue weighted by molar-refractivity contribution is 5.85. The van der Waals surface area contributed by atoms with Gasteiger partial charge in [0.05, 0.1) is 14.2 Å². The first-order valence-corrected chi connectivity index (χ1v) is 6.96. The molecule has 0 aliphatic carbocycles. The largest absolute Gasteiger partial charge is 0.493 e. The van der Waals surface area contributed by atoms with E-state index in [-0.39, 0.29) is 19.2 Å². The summed E-state index contributed by atoms with van der Waals surface area (Å²) in [5, 5.41) is 3.37. The Morgan fingerprint density at radius 1 is 1.09 bits per heavy atom. The lowest BCUT2D eigenvalue weighted by Gasteiger charge is -2.09. The molecule has 23 heavy (non-hydrogen) atoms. The van der Waals surface area contributed by atoms with E-state index in [1.807, 2.05) is 24.3 Å². The van der Waals surface area contributed by atoms with E-state index in [9.17, 15) is 0 Å². The average molecular weight is 339 g/mol. The molecule has 1 aliphatic heterocycles. The number of nitrogens with one attached hydrogen (secondary N) is 1. The number of rotatable bonds is 6. The summed E-state index contributed by atoms with van der Waals surface area (Å²) in [5.74, 6) is 2.70. The zero-order valence-electron chi connectivity index (χ0n) is 13.0. The molecule has 3 rings (SSSR count). The van der Waals surface area contributed by atoms with Gasteiger partial charge in [-0.05, 0) is 23.3 Å². The molecule has 7 heteroatoms. The van der Waals surface area contributed by atoms with Gasteiger partial charge >= 0.3 is 0 Å². The Hall–Kier alpha value is -2.18. The standard InChI is InChI=1S/C16H18N2O4.ClH/c1-19-13-5-12(6-14-16(13)22-10-21-14)8-17-7-11-3-4-15(20-2)18-9-11;/h3-6,9,17H,7-8,10H2,1-2H3;1H. The molecule has 0 unspecified atom stereocenters. The Bertz CT molecular complexity index is 649. The highest BCUT2D eigenvalue weighted by Crippen LogP contribution is 2.41. The SMILES string of the molecule is COc1ccc(CNCc2cc(OC)c3c(c2)OCO3)cn1.Cl. The fraction of sp³-hybridized carbons (Fsp3) is 0.312. The first kappa shape index (κ1) is 17.2. The zero-order chi connectivity index (χ0) is 15.4. The van der Waals surface area contributed by atoms with Crippen molar-refractivity contribution in [2.45, 2.75) is 13.1 Å². The summed E-state index contributed by atoms with van der Waals surface area (Å²) in [4.78, 5) is 4.18. The predicted molar refractivity (Wildman–Crippen MR) is 87.7 cm³/mol. The molecule has 124 valence electrons. The van der Waals surface area contributed by atoms with Crippen molar-refractivity contribution in [2.24, 2.45) is 0 Å². The van der Waals surface area contributed by atoms with Gasteiger partial charge in [0.25, 0.3) is 0 Å². The Morgan fingerprint density at radius 3 is 2.61 bits per heavy atom. The third-order valence-electron chi connectivity index (χ3n) is 3.38. The van der Waals surface area contributed by atoms with Crippen molar-refractivity contribution in [3.05, 3.63) is 41.6 Å². The van der Waals surface area contributed by atoms with Gasteiger partial charge in [-0.2, -0.15) is 0 Å². The monoisotopic (exact) mass is 338 g/mol. The van der Waals surface area contributed by atoms with E-state index in [0.717, 1.165) is 16.9 Å². The van der Waals surface area contributed by atoms with Gasteiger partial charge in [0.2, 0.25) is 18.4 Å². The Balaban J connectivity index is 0.00000192. The van der Waals surface area contributed by atoms with Crippen LogP contribution < -0.4 is 24.3 Å². The lowest BCUT2D eigenvalue weighted by atomic mass is 10.1. The third kappa shape index (κ3) is 3.97. The molecule has 0 atom stereocenters. The van der Waals surface area contributed by atoms with E-state index in [0.29, 0.717) is 30.5 Å². The molecule has 1 aromatic heterocycles. The van der Waals surface area contributed by atoms with E-state index >= 15 is 0 Å². The summed E-state index contributed by atoms with van der Waals surface area (Å²) >= 11 is 0. The molecule has 0 saturated heterocycles. The van der Waals surface area contributed by atoms with E-state index in [1.54, 1.807) is 20.4 Å². The number of ether oxygens (including phenoxy) is 4. The Morgan fingerprint density at radius 2 is 1.91 bits per heavy atom. The van der Waals surface area contributed by atoms with Crippen LogP contribution in [0.3, 0.4) is 0 Å². The van der Waals surface area contributed by atoms with Crippen LogP contribution in [0, 0.1) is 0 Å². The lowest BCUT2D eigenvalue weighted by Crippen LogP contribution is -2.13. The first-order valence-electron chi connectivity index (χ1n) is 6.96. The van der Waals surface area contributed by atoms with Crippen molar-refractivity contribution < 1.29 is 18.9 Å². The van der Waals surface area contributed by atoms with Crippen LogP contribution >= 0.6 is 12.4 Å². The molecule has 1 aliphatic rings. The summed E-state index contributed by atoms with van der Waals surface area (Å²) in [6, 6.07) is 7.75. The zero-order valence-corrected chi connectivity index (χ0v) is 13.8. The molecule has 0 radical (unpaired) electrons. The predicted octanol–water partition coefficient (Wildman–Crippen LogP) is 2.54. The van der Waals surface area contributed by atoms with Gasteiger partial charge in [0.15, 0.2) is 11.5 Å². The van der Waals surface area contributed by atoms with Crippen LogP contribution in [-0.2, 0) is 13.1 Å². The molecule has 0 saturated carbocycles. The second-order valence-corrected chi connectivity index (χ2v) is 4.84. The molecule has 1 N–H and O–H groups in total. The molecular formula is C16H19ClN2O4. The van der Waals surface area contributed by atoms with Gasteiger partial charge in [-0.3, -0.25) is 0 Å². The third-order valence-corrected chi connectivity index (χ3v) is 3.38. The maximum atomic E-state index is 5.42. The van der Waals surface area contributed by atoms with Crippen molar-refractivity contribution in [3.63, 3.8) is 0 Å². The fourth-order valence-electron chi connectivity index (χ4n) is 2.27. The normalized spacial score (nSPS) is 11.7. The Kier molecular flexibility index (Phi) is 5.90. The number of hydrogen-bond acceptors (Lipinski definition) is 6. The van der Waals surface area contributed by atoms with Gasteiger partial charge in [0.1, 0.15) is 0 Å². The molecule has 0 bridgehead atoms. The summed E-state index contributed by atoms with van der Waals surface area (Å²) in [5.41, 5.74) is 2.16. The van der Waals surface area contributed by atoms with Crippen LogP contribution in [0.1, 0.15) is 11.1 Å². The number of halogens is 1. The van der Waals surface area contributed by atoms with Gasteiger partial charge in [-0.1, -0.05) is 6.07 Å². The number of methoxy groups -OCH3 is 2. The smallest absolute Gasteiger partial charge is 0.231 e. The van der Waals surface area contributed by atoms with Gasteiger partial charge in [0, 0.05) is 25.4 Å². The molecular weight excluding hydrogens is 320 g/mol. The molecule has 0 spiro atoms. The topological polar surface area (TPSA) is 61.8 Å². The van der Waals surface area contributed by atoms with E-state index in [2.05, 4.69) is 10.3 Å². The fourth-order valence-corrected chi connectivity index (χ4v) is 2.27. The minimum absolute atomic E-state index is 0. The van der Waals surface area contributed by atoms with Crippen LogP contribution in [0.4, 0.5) is 0 Å². The number of fused-ring (bicyclic) bond motifs is 1. The van der Waals surface area contributed by atoms with Crippen molar-refractivity contribution >= 4 is 12.4 Å². The number of nitrogens with zero attached hydrogens (tertiary/aromatic N) is 1. The van der Waals surface area contributed by atoms with Crippen molar-refractivity contribution in [1.82, 2.24) is 10.3 Å². The first-order chi connectivity index (χ1) is 10.8. The summed E-state index contributed by atoms with van der Waals surface area (Å²) in [6.07, 6.45) is 1.80. The van der Waals surface area contributed by atoms with E-state index in [1.165, 1.54) is 0 Å². The van der Waals surface area contributed by atoms with Crippen molar-refractivity contribution in [3.8, 4) is 23.1 Å². The minimum Gasteiger partial charge on any atom is -0.493 e. The van der Waals surface area contributed by atoms with Crippen LogP contribution in [0.25, 0.3) is 0 Å². The van der Waals surface area contributed by atoms with Crippen molar-refractivity contribution in [1.29, 1.82) is 0 Å². The van der Waals surface area contributed by atoms with Gasteiger partial charge < -0.3 is 24.3 Å². The van der Waals surface area contributed by atoms with E-state index in [4.69, 9.17) is 18.9 Å². The molecule has 0 fully saturated rings. The van der Waals surface area contributed by atoms with Crippen LogP contribution in [0.2, 0.25) is 0 Å². The van der Waals surface area contributed by atoms with Gasteiger partial charge in [-0.15, -0.1) is 12.4 Å². The van der Waals surface area contributed by atoms with Crippen molar-refractivity contribution in [2.75, 3.05) is 21.0 Å². The maximum absolute atomic E-state index is 5.42. The van der Waals surface area contributed by atoms with Crippen LogP contribution in [-0.4, -0.2) is 26.0 Å². The highest BCUT2D eigenvalue weighted by atomic mass is 35.5. The molecule has 6 nitrogen and oxygen atoms in total. The summed E-state index contributed by atoms with van der Waals surface area (Å²) in [6.45, 7) is 1.65. The highest BCUT2D eigenvalue weighted by Gasteiger charge is 2.19. The van der Waals surface area contributed by atoms with Crippen LogP contribution in [0.15, 0.2) is 30.5 Å². The Labute approximate surface area is 141 Å². The number of aromatic nitrogens is 1. The lowest BCUT2D eigenvalue weighted by molar-refractivity contribution is 0.171. The summed E-state index contributed by atoms with van der Waals surface area (Å²) < 4.78 is 21.2. The summed E-state index contributed by atoms with van der Waals surface area (Å²) in [7, 11) is 3.23. The second-order valence-electron chi connectivity index (χ2n) is 4.84. The average Bonchev–Trinajstić information content (AvgIpc) is 3.03. The van der Waals surface area contributed by atoms with Crippen LogP contribution in [0.5, 0.6) is 23.1 Å². The number of benzene rings is 1. The maximum Gasteiger partial charge on any atom is 0.231 e.